The van der Waals surface area contributed by atoms with Gasteiger partial charge in [-0.25, -0.2) is 4.79 Å². The van der Waals surface area contributed by atoms with Gasteiger partial charge in [-0.1, -0.05) is 24.3 Å². The molecule has 0 N–H and O–H groups in total. The molecule has 0 unspecified atom stereocenters. The summed E-state index contributed by atoms with van der Waals surface area (Å²) in [6, 6.07) is 23.4. The zero-order valence-electron chi connectivity index (χ0n) is 19.6. The van der Waals surface area contributed by atoms with E-state index < -0.39 is 0 Å². The Morgan fingerprint density at radius 2 is 1.68 bits per heavy atom. The Hall–Kier alpha value is -4.24. The molecule has 0 aliphatic heterocycles. The number of carbonyl (C=O) groups is 1. The molecule has 0 aliphatic carbocycles. The molecule has 172 valence electrons. The molecule has 0 radical (unpaired) electrons. The monoisotopic (exact) mass is 453 g/mol. The third-order valence-electron chi connectivity index (χ3n) is 5.95. The molecule has 3 aromatic carbocycles. The van der Waals surface area contributed by atoms with Crippen LogP contribution in [0, 0.1) is 11.3 Å². The summed E-state index contributed by atoms with van der Waals surface area (Å²) in [6.45, 7) is 5.69. The van der Waals surface area contributed by atoms with E-state index in [2.05, 4.69) is 10.6 Å². The Morgan fingerprint density at radius 1 is 0.971 bits per heavy atom. The second-order valence-corrected chi connectivity index (χ2v) is 7.89. The van der Waals surface area contributed by atoms with Crippen LogP contribution in [0.25, 0.3) is 22.0 Å². The van der Waals surface area contributed by atoms with Gasteiger partial charge in [0.25, 0.3) is 0 Å². The Labute approximate surface area is 199 Å². The summed E-state index contributed by atoms with van der Waals surface area (Å²) in [7, 11) is 1.64. The van der Waals surface area contributed by atoms with E-state index in [0.717, 1.165) is 33.3 Å². The first-order valence-electron chi connectivity index (χ1n) is 11.3. The number of methoxy groups -OCH3 is 1. The van der Waals surface area contributed by atoms with Crippen molar-refractivity contribution in [3.63, 3.8) is 0 Å². The zero-order valence-corrected chi connectivity index (χ0v) is 19.6. The number of rotatable bonds is 7. The molecule has 0 atom stereocenters. The minimum absolute atomic E-state index is 0.365. The highest BCUT2D eigenvalue weighted by atomic mass is 16.6. The molecule has 6 nitrogen and oxygen atoms in total. The Kier molecular flexibility index (Phi) is 6.84. The highest BCUT2D eigenvalue weighted by Gasteiger charge is 2.19. The second-order valence-electron chi connectivity index (χ2n) is 7.89. The van der Waals surface area contributed by atoms with Crippen LogP contribution in [-0.4, -0.2) is 35.8 Å². The van der Waals surface area contributed by atoms with Crippen molar-refractivity contribution in [2.24, 2.45) is 0 Å². The van der Waals surface area contributed by atoms with Gasteiger partial charge in [0, 0.05) is 42.3 Å². The lowest BCUT2D eigenvalue weighted by molar-refractivity contribution is 0.157. The minimum atomic E-state index is -0.365. The molecule has 34 heavy (non-hydrogen) atoms. The van der Waals surface area contributed by atoms with Crippen molar-refractivity contribution in [1.29, 1.82) is 5.26 Å². The number of amides is 1. The van der Waals surface area contributed by atoms with Crippen molar-refractivity contribution >= 4 is 17.0 Å². The maximum atomic E-state index is 12.7. The maximum Gasteiger partial charge on any atom is 0.415 e. The summed E-state index contributed by atoms with van der Waals surface area (Å²) in [4.78, 5) is 14.4. The molecule has 0 saturated heterocycles. The molecule has 1 amide bonds. The molecule has 4 rings (SSSR count). The Bertz CT molecular complexity index is 1330. The average molecular weight is 454 g/mol. The van der Waals surface area contributed by atoms with Crippen molar-refractivity contribution in [2.45, 2.75) is 20.4 Å². The minimum Gasteiger partial charge on any atom is -0.497 e. The van der Waals surface area contributed by atoms with Crippen LogP contribution in [0.1, 0.15) is 25.0 Å². The summed E-state index contributed by atoms with van der Waals surface area (Å²) in [5.74, 6) is 1.28. The summed E-state index contributed by atoms with van der Waals surface area (Å²) < 4.78 is 13.3. The van der Waals surface area contributed by atoms with Gasteiger partial charge < -0.3 is 18.9 Å². The number of nitrogens with zero attached hydrogens (tertiary/aromatic N) is 3. The van der Waals surface area contributed by atoms with Crippen LogP contribution < -0.4 is 9.47 Å². The van der Waals surface area contributed by atoms with Crippen LogP contribution in [0.5, 0.6) is 11.5 Å². The number of hydrogen-bond donors (Lipinski definition) is 0. The predicted molar refractivity (Wildman–Crippen MR) is 133 cm³/mol. The second kappa shape index (κ2) is 10.1. The average Bonchev–Trinajstić information content (AvgIpc) is 3.27. The molecule has 0 saturated carbocycles. The van der Waals surface area contributed by atoms with E-state index in [9.17, 15) is 4.79 Å². The fourth-order valence-electron chi connectivity index (χ4n) is 4.05. The van der Waals surface area contributed by atoms with Crippen molar-refractivity contribution in [2.75, 3.05) is 20.2 Å². The summed E-state index contributed by atoms with van der Waals surface area (Å²) in [6.07, 6.45) is 1.67. The van der Waals surface area contributed by atoms with Crippen LogP contribution in [-0.2, 0) is 6.54 Å². The third kappa shape index (κ3) is 4.60. The molecule has 6 heteroatoms. The summed E-state index contributed by atoms with van der Waals surface area (Å²) >= 11 is 0. The first-order valence-corrected chi connectivity index (χ1v) is 11.3. The van der Waals surface area contributed by atoms with E-state index in [4.69, 9.17) is 14.7 Å². The van der Waals surface area contributed by atoms with Gasteiger partial charge in [-0.2, -0.15) is 5.26 Å². The molecule has 0 bridgehead atoms. The maximum absolute atomic E-state index is 12.7. The topological polar surface area (TPSA) is 67.5 Å². The van der Waals surface area contributed by atoms with Gasteiger partial charge in [-0.3, -0.25) is 0 Å². The Balaban J connectivity index is 1.78. The normalized spacial score (nSPS) is 10.6. The van der Waals surface area contributed by atoms with E-state index in [1.165, 1.54) is 0 Å². The van der Waals surface area contributed by atoms with Gasteiger partial charge in [0.2, 0.25) is 0 Å². The van der Waals surface area contributed by atoms with E-state index in [1.54, 1.807) is 12.0 Å². The van der Waals surface area contributed by atoms with Crippen LogP contribution in [0.3, 0.4) is 0 Å². The summed E-state index contributed by atoms with van der Waals surface area (Å²) in [5, 5.41) is 10.0. The van der Waals surface area contributed by atoms with Crippen molar-refractivity contribution in [3.05, 3.63) is 84.1 Å². The van der Waals surface area contributed by atoms with Crippen LogP contribution in [0.4, 0.5) is 4.79 Å². The van der Waals surface area contributed by atoms with Gasteiger partial charge in [0.05, 0.1) is 18.7 Å². The first-order chi connectivity index (χ1) is 16.6. The fourth-order valence-corrected chi connectivity index (χ4v) is 4.05. The van der Waals surface area contributed by atoms with Crippen molar-refractivity contribution in [3.8, 4) is 28.7 Å². The van der Waals surface area contributed by atoms with Crippen molar-refractivity contribution < 1.29 is 14.3 Å². The summed E-state index contributed by atoms with van der Waals surface area (Å²) in [5.41, 5.74) is 4.56. The van der Waals surface area contributed by atoms with E-state index >= 15 is 0 Å². The third-order valence-corrected chi connectivity index (χ3v) is 5.95. The smallest absolute Gasteiger partial charge is 0.415 e. The Morgan fingerprint density at radius 3 is 2.29 bits per heavy atom. The molecular weight excluding hydrogens is 426 g/mol. The molecule has 1 heterocycles. The number of ether oxygens (including phenoxy) is 2. The number of benzene rings is 3. The number of fused-ring (bicyclic) bond motifs is 1. The molecule has 0 fully saturated rings. The molecule has 0 aliphatic rings. The quantitative estimate of drug-likeness (QED) is 0.340. The number of hydrogen-bond acceptors (Lipinski definition) is 4. The molecule has 0 spiro atoms. The van der Waals surface area contributed by atoms with Crippen LogP contribution in [0.15, 0.2) is 72.9 Å². The van der Waals surface area contributed by atoms with Gasteiger partial charge >= 0.3 is 6.09 Å². The van der Waals surface area contributed by atoms with Crippen molar-refractivity contribution in [1.82, 2.24) is 9.47 Å². The van der Waals surface area contributed by atoms with Gasteiger partial charge in [0.1, 0.15) is 11.5 Å². The lowest BCUT2D eigenvalue weighted by atomic mass is 10.0. The van der Waals surface area contributed by atoms with Gasteiger partial charge in [-0.05, 0) is 67.4 Å². The van der Waals surface area contributed by atoms with Gasteiger partial charge in [0.15, 0.2) is 0 Å². The first kappa shape index (κ1) is 22.9. The lowest BCUT2D eigenvalue weighted by Gasteiger charge is -2.20. The van der Waals surface area contributed by atoms with Gasteiger partial charge in [-0.15, -0.1) is 0 Å². The van der Waals surface area contributed by atoms with E-state index in [-0.39, 0.29) is 6.09 Å². The number of nitriles is 1. The fraction of sp³-hybridized carbons (Fsp3) is 0.214. The number of carbonyl (C=O) groups excluding carboxylic acids is 1. The zero-order chi connectivity index (χ0) is 24.1. The largest absolute Gasteiger partial charge is 0.497 e. The van der Waals surface area contributed by atoms with Crippen LogP contribution in [0.2, 0.25) is 0 Å². The lowest BCUT2D eigenvalue weighted by Crippen LogP contribution is -2.33. The standard InChI is InChI=1S/C28H27N3O3/c1-4-30(5-2)28(32)34-26-15-14-25-24(27(26)22-10-12-23(33-3)13-11-22)16-17-31(25)19-21-8-6-20(18-29)7-9-21/h6-17H,4-5,19H2,1-3H3. The molecular formula is C28H27N3O3. The van der Waals surface area contributed by atoms with E-state index in [0.29, 0.717) is 30.9 Å². The van der Waals surface area contributed by atoms with Crippen LogP contribution >= 0.6 is 0 Å². The number of aromatic nitrogens is 1. The SMILES string of the molecule is CCN(CC)C(=O)Oc1ccc2c(ccn2Cc2ccc(C#N)cc2)c1-c1ccc(OC)cc1. The van der Waals surface area contributed by atoms with E-state index in [1.807, 2.05) is 86.8 Å². The highest BCUT2D eigenvalue weighted by molar-refractivity contribution is 5.99. The molecule has 4 aromatic rings. The molecule has 1 aromatic heterocycles. The predicted octanol–water partition coefficient (Wildman–Crippen LogP) is 6.08. The highest BCUT2D eigenvalue weighted by Crippen LogP contribution is 2.39.